The van der Waals surface area contributed by atoms with Gasteiger partial charge in [-0.3, -0.25) is 0 Å². The molecule has 4 aromatic rings. The highest BCUT2D eigenvalue weighted by atomic mass is 32.1. The molecule has 0 bridgehead atoms. The number of aromatic carboxylic acids is 1. The lowest BCUT2D eigenvalue weighted by Gasteiger charge is -2.13. The molecule has 1 aliphatic rings. The molecule has 0 aliphatic heterocycles. The Labute approximate surface area is 174 Å². The van der Waals surface area contributed by atoms with Crippen LogP contribution in [0.3, 0.4) is 0 Å². The van der Waals surface area contributed by atoms with E-state index in [1.807, 2.05) is 18.2 Å². The second-order valence-corrected chi connectivity index (χ2v) is 9.00. The van der Waals surface area contributed by atoms with Crippen molar-refractivity contribution in [1.29, 1.82) is 0 Å². The maximum atomic E-state index is 11.1. The first kappa shape index (κ1) is 18.1. The van der Waals surface area contributed by atoms with Gasteiger partial charge in [-0.1, -0.05) is 23.5 Å². The Hall–Kier alpha value is -2.91. The van der Waals surface area contributed by atoms with Gasteiger partial charge >= 0.3 is 5.97 Å². The first-order chi connectivity index (χ1) is 14.1. The summed E-state index contributed by atoms with van der Waals surface area (Å²) in [5.41, 5.74) is 4.16. The number of nitrogens with zero attached hydrogens (tertiary/aromatic N) is 4. The van der Waals surface area contributed by atoms with E-state index in [0.29, 0.717) is 12.3 Å². The molecule has 1 fully saturated rings. The summed E-state index contributed by atoms with van der Waals surface area (Å²) in [5, 5.41) is 24.5. The van der Waals surface area contributed by atoms with Crippen molar-refractivity contribution in [3.05, 3.63) is 57.2 Å². The van der Waals surface area contributed by atoms with Crippen molar-refractivity contribution in [2.45, 2.75) is 32.1 Å². The lowest BCUT2D eigenvalue weighted by atomic mass is 10.0. The Morgan fingerprint density at radius 3 is 2.79 bits per heavy atom. The summed E-state index contributed by atoms with van der Waals surface area (Å²) < 4.78 is 1.13. The molecule has 0 amide bonds. The lowest BCUT2D eigenvalue weighted by Crippen LogP contribution is -2.08. The highest BCUT2D eigenvalue weighted by Crippen LogP contribution is 2.45. The van der Waals surface area contributed by atoms with Crippen molar-refractivity contribution in [3.63, 3.8) is 0 Å². The Morgan fingerprint density at radius 2 is 2.07 bits per heavy atom. The molecule has 1 aromatic carbocycles. The number of hydrogen-bond donors (Lipinski definition) is 2. The van der Waals surface area contributed by atoms with E-state index in [1.54, 1.807) is 16.7 Å². The normalized spacial score (nSPS) is 13.7. The minimum absolute atomic E-state index is 0.0761. The van der Waals surface area contributed by atoms with E-state index in [2.05, 4.69) is 38.5 Å². The highest BCUT2D eigenvalue weighted by molar-refractivity contribution is 7.22. The van der Waals surface area contributed by atoms with Gasteiger partial charge in [0.15, 0.2) is 16.6 Å². The van der Waals surface area contributed by atoms with Gasteiger partial charge in [0.05, 0.1) is 20.9 Å². The molecule has 0 unspecified atom stereocenters. The number of rotatable bonds is 6. The van der Waals surface area contributed by atoms with Crippen LogP contribution in [-0.2, 0) is 6.42 Å². The summed E-state index contributed by atoms with van der Waals surface area (Å²) in [6.07, 6.45) is 2.76. The van der Waals surface area contributed by atoms with Crippen molar-refractivity contribution in [2.75, 3.05) is 5.32 Å². The number of anilines is 2. The van der Waals surface area contributed by atoms with Gasteiger partial charge < -0.3 is 10.4 Å². The smallest absolute Gasteiger partial charge is 0.355 e. The molecule has 7 nitrogen and oxygen atoms in total. The molecule has 1 aliphatic carbocycles. The molecule has 0 saturated heterocycles. The van der Waals surface area contributed by atoms with Gasteiger partial charge in [0.25, 0.3) is 0 Å². The van der Waals surface area contributed by atoms with Crippen molar-refractivity contribution in [2.24, 2.45) is 0 Å². The molecule has 0 radical (unpaired) electrons. The fraction of sp³-hybridized carbons (Fsp3) is 0.250. The number of hydrogen-bond acceptors (Lipinski definition) is 8. The first-order valence-corrected chi connectivity index (χ1v) is 10.9. The molecule has 29 heavy (non-hydrogen) atoms. The van der Waals surface area contributed by atoms with Gasteiger partial charge in [0.2, 0.25) is 0 Å². The molecule has 0 spiro atoms. The Kier molecular flexibility index (Phi) is 4.48. The minimum Gasteiger partial charge on any atom is -0.476 e. The van der Waals surface area contributed by atoms with Crippen LogP contribution in [0.5, 0.6) is 0 Å². The van der Waals surface area contributed by atoms with Crippen LogP contribution in [-0.4, -0.2) is 31.2 Å². The van der Waals surface area contributed by atoms with Crippen LogP contribution in [0.1, 0.15) is 51.1 Å². The van der Waals surface area contributed by atoms with Crippen molar-refractivity contribution >= 4 is 49.8 Å². The predicted octanol–water partition coefficient (Wildman–Crippen LogP) is 4.76. The third-order valence-corrected chi connectivity index (χ3v) is 6.76. The van der Waals surface area contributed by atoms with E-state index >= 15 is 0 Å². The van der Waals surface area contributed by atoms with E-state index in [0.717, 1.165) is 50.3 Å². The summed E-state index contributed by atoms with van der Waals surface area (Å²) in [4.78, 5) is 19.9. The molecule has 3 aromatic heterocycles. The molecule has 2 N–H and O–H groups in total. The molecular weight excluding hydrogens is 406 g/mol. The zero-order chi connectivity index (χ0) is 20.0. The number of para-hydroxylation sites is 1. The average molecular weight is 424 g/mol. The van der Waals surface area contributed by atoms with E-state index in [9.17, 15) is 4.79 Å². The van der Waals surface area contributed by atoms with Crippen LogP contribution >= 0.6 is 22.7 Å². The second kappa shape index (κ2) is 7.16. The predicted molar refractivity (Wildman–Crippen MR) is 114 cm³/mol. The van der Waals surface area contributed by atoms with Crippen LogP contribution in [0.15, 0.2) is 29.6 Å². The molecule has 9 heteroatoms. The molecule has 146 valence electrons. The van der Waals surface area contributed by atoms with E-state index in [-0.39, 0.29) is 5.69 Å². The summed E-state index contributed by atoms with van der Waals surface area (Å²) in [5.74, 6) is 0.231. The molecule has 0 atom stereocenters. The number of aromatic nitrogens is 4. The molecular formula is C20H17N5O2S2. The average Bonchev–Trinajstić information content (AvgIpc) is 3.27. The van der Waals surface area contributed by atoms with Crippen LogP contribution in [0, 0.1) is 6.92 Å². The second-order valence-electron chi connectivity index (χ2n) is 7.03. The first-order valence-electron chi connectivity index (χ1n) is 9.25. The largest absolute Gasteiger partial charge is 0.476 e. The van der Waals surface area contributed by atoms with Gasteiger partial charge in [-0.25, -0.2) is 14.8 Å². The topological polar surface area (TPSA) is 101 Å². The number of carboxylic acids is 1. The van der Waals surface area contributed by atoms with Crippen molar-refractivity contribution in [3.8, 4) is 0 Å². The fourth-order valence-electron chi connectivity index (χ4n) is 3.36. The number of benzene rings is 1. The quantitative estimate of drug-likeness (QED) is 0.461. The Bertz CT molecular complexity index is 1200. The third-order valence-electron chi connectivity index (χ3n) is 4.96. The maximum absolute atomic E-state index is 11.1. The van der Waals surface area contributed by atoms with Gasteiger partial charge in [-0.15, -0.1) is 16.4 Å². The lowest BCUT2D eigenvalue weighted by molar-refractivity contribution is 0.0691. The molecule has 1 saturated carbocycles. The van der Waals surface area contributed by atoms with Crippen LogP contribution < -0.4 is 5.32 Å². The van der Waals surface area contributed by atoms with Crippen LogP contribution in [0.2, 0.25) is 0 Å². The third kappa shape index (κ3) is 3.58. The monoisotopic (exact) mass is 423 g/mol. The van der Waals surface area contributed by atoms with E-state index in [4.69, 9.17) is 5.11 Å². The standard InChI is InChI=1S/C20H17N5O2S2/c1-10-13(8-16-21-14(9-28-16)19(26)27)24-25-18(17(10)11-6-7-11)23-20-22-12-4-2-3-5-15(12)29-20/h2-5,9,11H,6-8H2,1H3,(H,26,27)(H,22,23,25). The number of carbonyl (C=O) groups is 1. The fourth-order valence-corrected chi connectivity index (χ4v) is 5.00. The van der Waals surface area contributed by atoms with Gasteiger partial charge in [-0.2, -0.15) is 5.10 Å². The number of thiazole rings is 2. The summed E-state index contributed by atoms with van der Waals surface area (Å²) in [7, 11) is 0. The highest BCUT2D eigenvalue weighted by Gasteiger charge is 2.30. The van der Waals surface area contributed by atoms with Crippen molar-refractivity contribution < 1.29 is 9.90 Å². The molecule has 5 rings (SSSR count). The van der Waals surface area contributed by atoms with Gasteiger partial charge in [0, 0.05) is 17.4 Å². The summed E-state index contributed by atoms with van der Waals surface area (Å²) in [6, 6.07) is 8.04. The molecule has 3 heterocycles. The van der Waals surface area contributed by atoms with Crippen LogP contribution in [0.25, 0.3) is 10.2 Å². The zero-order valence-corrected chi connectivity index (χ0v) is 17.2. The van der Waals surface area contributed by atoms with Gasteiger partial charge in [-0.05, 0) is 43.4 Å². The van der Waals surface area contributed by atoms with Crippen molar-refractivity contribution in [1.82, 2.24) is 20.2 Å². The SMILES string of the molecule is Cc1c(Cc2nc(C(=O)O)cs2)nnc(Nc2nc3ccccc3s2)c1C1CC1. The van der Waals surface area contributed by atoms with E-state index in [1.165, 1.54) is 16.9 Å². The maximum Gasteiger partial charge on any atom is 0.355 e. The minimum atomic E-state index is -1.01. The van der Waals surface area contributed by atoms with E-state index < -0.39 is 5.97 Å². The Balaban J connectivity index is 1.46. The number of fused-ring (bicyclic) bond motifs is 1. The number of carboxylic acid groups (broad SMARTS) is 1. The number of nitrogens with one attached hydrogen (secondary N) is 1. The Morgan fingerprint density at radius 1 is 1.24 bits per heavy atom. The summed E-state index contributed by atoms with van der Waals surface area (Å²) >= 11 is 2.93. The van der Waals surface area contributed by atoms with Crippen LogP contribution in [0.4, 0.5) is 10.9 Å². The zero-order valence-electron chi connectivity index (χ0n) is 15.5. The summed E-state index contributed by atoms with van der Waals surface area (Å²) in [6.45, 7) is 2.06. The van der Waals surface area contributed by atoms with Gasteiger partial charge in [0.1, 0.15) is 0 Å².